The maximum absolute atomic E-state index is 12.9. The highest BCUT2D eigenvalue weighted by Crippen LogP contribution is 2.32. The molecule has 0 unspecified atom stereocenters. The summed E-state index contributed by atoms with van der Waals surface area (Å²) < 4.78 is 63.4. The number of amides is 1. The van der Waals surface area contributed by atoms with Crippen molar-refractivity contribution in [3.05, 3.63) is 29.8 Å². The summed E-state index contributed by atoms with van der Waals surface area (Å²) in [4.78, 5) is 13.9. The van der Waals surface area contributed by atoms with Crippen molar-refractivity contribution in [2.45, 2.75) is 31.9 Å². The van der Waals surface area contributed by atoms with Crippen LogP contribution in [-0.4, -0.2) is 45.1 Å². The number of likely N-dealkylation sites (tertiary alicyclic amines) is 1. The highest BCUT2D eigenvalue weighted by molar-refractivity contribution is 7.92. The van der Waals surface area contributed by atoms with Gasteiger partial charge in [0.1, 0.15) is 0 Å². The summed E-state index contributed by atoms with van der Waals surface area (Å²) in [7, 11) is -3.81. The number of benzene rings is 1. The summed E-state index contributed by atoms with van der Waals surface area (Å²) in [5, 5.41) is 0. The molecule has 0 radical (unpaired) electrons. The van der Waals surface area contributed by atoms with E-state index in [0.717, 1.165) is 48.0 Å². The number of piperidine rings is 1. The highest BCUT2D eigenvalue weighted by Gasteiger charge is 2.31. The third-order valence-electron chi connectivity index (χ3n) is 4.10. The van der Waals surface area contributed by atoms with Crippen molar-refractivity contribution >= 4 is 21.6 Å². The van der Waals surface area contributed by atoms with Gasteiger partial charge in [0, 0.05) is 26.1 Å². The molecule has 1 aromatic rings. The Balaban J connectivity index is 2.16. The van der Waals surface area contributed by atoms with Gasteiger partial charge in [-0.15, -0.1) is 0 Å². The number of alkyl halides is 3. The zero-order chi connectivity index (χ0) is 18.7. The Morgan fingerprint density at radius 3 is 2.40 bits per heavy atom. The number of hydrogen-bond acceptors (Lipinski definition) is 3. The molecule has 0 spiro atoms. The Kier molecular flexibility index (Phi) is 5.97. The lowest BCUT2D eigenvalue weighted by Gasteiger charge is -2.28. The van der Waals surface area contributed by atoms with Gasteiger partial charge >= 0.3 is 6.18 Å². The van der Waals surface area contributed by atoms with Crippen LogP contribution in [0.25, 0.3) is 0 Å². The standard InChI is InChI=1S/C16H21F3N2O3S/c1-25(23,24)21(11-8-15(22)20-9-3-2-4-10-20)14-7-5-6-13(12-14)16(17,18)19/h5-7,12H,2-4,8-11H2,1H3. The highest BCUT2D eigenvalue weighted by atomic mass is 32.2. The molecule has 0 saturated carbocycles. The van der Waals surface area contributed by atoms with E-state index in [0.29, 0.717) is 13.1 Å². The van der Waals surface area contributed by atoms with Crippen LogP contribution in [0, 0.1) is 0 Å². The van der Waals surface area contributed by atoms with E-state index in [2.05, 4.69) is 0 Å². The number of rotatable bonds is 5. The number of sulfonamides is 1. The first-order valence-electron chi connectivity index (χ1n) is 8.02. The number of anilines is 1. The monoisotopic (exact) mass is 378 g/mol. The fourth-order valence-electron chi connectivity index (χ4n) is 2.82. The first-order chi connectivity index (χ1) is 11.6. The Labute approximate surface area is 145 Å². The van der Waals surface area contributed by atoms with E-state index in [1.54, 1.807) is 4.90 Å². The second-order valence-corrected chi connectivity index (χ2v) is 7.98. The normalized spacial score (nSPS) is 15.9. The van der Waals surface area contributed by atoms with Gasteiger partial charge in [-0.2, -0.15) is 13.2 Å². The summed E-state index contributed by atoms with van der Waals surface area (Å²) in [6, 6.07) is 4.11. The molecule has 1 amide bonds. The molecule has 1 aliphatic heterocycles. The van der Waals surface area contributed by atoms with Crippen molar-refractivity contribution in [2.24, 2.45) is 0 Å². The van der Waals surface area contributed by atoms with Crippen LogP contribution < -0.4 is 4.31 Å². The molecule has 140 valence electrons. The molecule has 0 N–H and O–H groups in total. The number of halogens is 3. The van der Waals surface area contributed by atoms with E-state index in [4.69, 9.17) is 0 Å². The van der Waals surface area contributed by atoms with Crippen LogP contribution in [0.15, 0.2) is 24.3 Å². The van der Waals surface area contributed by atoms with Crippen LogP contribution in [0.4, 0.5) is 18.9 Å². The van der Waals surface area contributed by atoms with Crippen LogP contribution in [0.3, 0.4) is 0 Å². The van der Waals surface area contributed by atoms with E-state index < -0.39 is 21.8 Å². The molecule has 1 heterocycles. The van der Waals surface area contributed by atoms with E-state index in [1.807, 2.05) is 0 Å². The fourth-order valence-corrected chi connectivity index (χ4v) is 3.74. The molecule has 1 aliphatic rings. The maximum Gasteiger partial charge on any atom is 0.416 e. The first-order valence-corrected chi connectivity index (χ1v) is 9.86. The van der Waals surface area contributed by atoms with Crippen LogP contribution >= 0.6 is 0 Å². The van der Waals surface area contributed by atoms with E-state index in [9.17, 15) is 26.4 Å². The molecule has 0 atom stereocenters. The zero-order valence-electron chi connectivity index (χ0n) is 13.9. The molecule has 25 heavy (non-hydrogen) atoms. The van der Waals surface area contributed by atoms with E-state index in [-0.39, 0.29) is 24.6 Å². The Morgan fingerprint density at radius 1 is 1.20 bits per heavy atom. The molecule has 0 aliphatic carbocycles. The SMILES string of the molecule is CS(=O)(=O)N(CCC(=O)N1CCCCC1)c1cccc(C(F)(F)F)c1. The largest absolute Gasteiger partial charge is 0.416 e. The summed E-state index contributed by atoms with van der Waals surface area (Å²) in [6.07, 6.45) is -0.835. The number of nitrogens with zero attached hydrogens (tertiary/aromatic N) is 2. The van der Waals surface area contributed by atoms with Crippen LogP contribution in [0.5, 0.6) is 0 Å². The van der Waals surface area contributed by atoms with Crippen molar-refractivity contribution in [3.8, 4) is 0 Å². The minimum Gasteiger partial charge on any atom is -0.343 e. The molecular weight excluding hydrogens is 357 g/mol. The van der Waals surface area contributed by atoms with Crippen LogP contribution in [0.1, 0.15) is 31.2 Å². The predicted octanol–water partition coefficient (Wildman–Crippen LogP) is 2.87. The van der Waals surface area contributed by atoms with Gasteiger partial charge in [0.05, 0.1) is 17.5 Å². The van der Waals surface area contributed by atoms with Crippen molar-refractivity contribution in [1.82, 2.24) is 4.90 Å². The Hall–Kier alpha value is -1.77. The first kappa shape index (κ1) is 19.6. The van der Waals surface area contributed by atoms with Crippen molar-refractivity contribution in [3.63, 3.8) is 0 Å². The Morgan fingerprint density at radius 2 is 1.84 bits per heavy atom. The molecule has 9 heteroatoms. The van der Waals surface area contributed by atoms with Crippen molar-refractivity contribution < 1.29 is 26.4 Å². The van der Waals surface area contributed by atoms with Gasteiger partial charge < -0.3 is 4.90 Å². The second kappa shape index (κ2) is 7.63. The predicted molar refractivity (Wildman–Crippen MR) is 88.7 cm³/mol. The smallest absolute Gasteiger partial charge is 0.343 e. The average Bonchev–Trinajstić information content (AvgIpc) is 2.54. The molecule has 0 bridgehead atoms. The molecule has 1 fully saturated rings. The number of hydrogen-bond donors (Lipinski definition) is 0. The third kappa shape index (κ3) is 5.35. The summed E-state index contributed by atoms with van der Waals surface area (Å²) in [5.41, 5.74) is -1.02. The van der Waals surface area contributed by atoms with Gasteiger partial charge in [0.2, 0.25) is 15.9 Å². The maximum atomic E-state index is 12.9. The molecule has 2 rings (SSSR count). The van der Waals surface area contributed by atoms with Gasteiger partial charge in [-0.25, -0.2) is 8.42 Å². The molecule has 5 nitrogen and oxygen atoms in total. The van der Waals surface area contributed by atoms with Gasteiger partial charge in [-0.1, -0.05) is 6.07 Å². The van der Waals surface area contributed by atoms with Gasteiger partial charge in [-0.3, -0.25) is 9.10 Å². The molecular formula is C16H21F3N2O3S. The van der Waals surface area contributed by atoms with E-state index in [1.165, 1.54) is 6.07 Å². The topological polar surface area (TPSA) is 57.7 Å². The van der Waals surface area contributed by atoms with Gasteiger partial charge in [0.25, 0.3) is 0 Å². The fraction of sp³-hybridized carbons (Fsp3) is 0.562. The van der Waals surface area contributed by atoms with Gasteiger partial charge in [0.15, 0.2) is 0 Å². The van der Waals surface area contributed by atoms with Crippen molar-refractivity contribution in [2.75, 3.05) is 30.2 Å². The molecule has 1 saturated heterocycles. The Bertz CT molecular complexity index is 714. The summed E-state index contributed by atoms with van der Waals surface area (Å²) in [6.45, 7) is 1.10. The number of carbonyl (C=O) groups is 1. The summed E-state index contributed by atoms with van der Waals surface area (Å²) in [5.74, 6) is -0.180. The molecule has 0 aromatic heterocycles. The van der Waals surface area contributed by atoms with Crippen LogP contribution in [-0.2, 0) is 21.0 Å². The zero-order valence-corrected chi connectivity index (χ0v) is 14.7. The van der Waals surface area contributed by atoms with Crippen molar-refractivity contribution in [1.29, 1.82) is 0 Å². The number of carbonyl (C=O) groups excluding carboxylic acids is 1. The van der Waals surface area contributed by atoms with Gasteiger partial charge in [-0.05, 0) is 37.5 Å². The average molecular weight is 378 g/mol. The lowest BCUT2D eigenvalue weighted by Crippen LogP contribution is -2.39. The summed E-state index contributed by atoms with van der Waals surface area (Å²) >= 11 is 0. The minimum atomic E-state index is -4.57. The lowest BCUT2D eigenvalue weighted by atomic mass is 10.1. The van der Waals surface area contributed by atoms with E-state index >= 15 is 0 Å². The third-order valence-corrected chi connectivity index (χ3v) is 5.29. The quantitative estimate of drug-likeness (QED) is 0.792. The minimum absolute atomic E-state index is 0.0662. The lowest BCUT2D eigenvalue weighted by molar-refractivity contribution is -0.137. The molecule has 1 aromatic carbocycles. The van der Waals surface area contributed by atoms with Crippen LogP contribution in [0.2, 0.25) is 0 Å². The second-order valence-electron chi connectivity index (χ2n) is 6.07.